The predicted molar refractivity (Wildman–Crippen MR) is 104 cm³/mol. The molecule has 3 rings (SSSR count). The van der Waals surface area contributed by atoms with E-state index >= 15 is 0 Å². The molecular weight excluding hydrogens is 330 g/mol. The number of hydrogen-bond donors (Lipinski definition) is 1. The Morgan fingerprint density at radius 1 is 1.32 bits per heavy atom. The van der Waals surface area contributed by atoms with E-state index in [0.29, 0.717) is 11.5 Å². The monoisotopic (exact) mass is 356 g/mol. The van der Waals surface area contributed by atoms with E-state index in [4.69, 9.17) is 0 Å². The van der Waals surface area contributed by atoms with Gasteiger partial charge in [0, 0.05) is 17.3 Å². The second-order valence-corrected chi connectivity index (χ2v) is 8.94. The number of pyridine rings is 1. The molecule has 0 aromatic carbocycles. The van der Waals surface area contributed by atoms with Crippen molar-refractivity contribution in [3.63, 3.8) is 0 Å². The van der Waals surface area contributed by atoms with Crippen molar-refractivity contribution >= 4 is 10.8 Å². The molecule has 0 aliphatic heterocycles. The van der Waals surface area contributed by atoms with Crippen molar-refractivity contribution in [1.29, 1.82) is 0 Å². The zero-order valence-electron chi connectivity index (χ0n) is 15.4. The van der Waals surface area contributed by atoms with Crippen molar-refractivity contribution in [1.82, 2.24) is 4.98 Å². The second kappa shape index (κ2) is 6.83. The molecule has 0 saturated heterocycles. The van der Waals surface area contributed by atoms with E-state index in [0.717, 1.165) is 38.6 Å². The first-order valence-corrected chi connectivity index (χ1v) is 10.0. The summed E-state index contributed by atoms with van der Waals surface area (Å²) in [6.07, 6.45) is 9.10. The standard InChI is InChI=1S/C21H25NO2S/c1-12(2)19-20(25(24)17-9-13(3)8-14(4)10-17)18(11-16-6-7-16)15(5)22-21(19)23/h8-10,12,16H,3,6-7,11H2,1-2,4-5H3/p+1. The third-order valence-corrected chi connectivity index (χ3v) is 6.30. The smallest absolute Gasteiger partial charge is 0.252 e. The van der Waals surface area contributed by atoms with E-state index in [1.54, 1.807) is 0 Å². The van der Waals surface area contributed by atoms with E-state index in [9.17, 15) is 9.00 Å². The Morgan fingerprint density at radius 2 is 2.00 bits per heavy atom. The zero-order valence-corrected chi connectivity index (χ0v) is 16.3. The van der Waals surface area contributed by atoms with Crippen molar-refractivity contribution in [3.05, 3.63) is 68.4 Å². The lowest BCUT2D eigenvalue weighted by Crippen LogP contribution is -2.22. The number of aromatic amines is 1. The van der Waals surface area contributed by atoms with Gasteiger partial charge in [0.05, 0.1) is 28.5 Å². The van der Waals surface area contributed by atoms with Crippen LogP contribution in [-0.4, -0.2) is 9.19 Å². The Bertz CT molecular complexity index is 867. The Morgan fingerprint density at radius 3 is 2.56 bits per heavy atom. The highest BCUT2D eigenvalue weighted by Gasteiger charge is 2.31. The molecule has 1 aromatic heterocycles. The Kier molecular flexibility index (Phi) is 4.92. The topological polar surface area (TPSA) is 49.9 Å². The second-order valence-electron chi connectivity index (χ2n) is 7.53. The van der Waals surface area contributed by atoms with Gasteiger partial charge in [-0.2, -0.15) is 0 Å². The Hall–Kier alpha value is -1.81. The van der Waals surface area contributed by atoms with Gasteiger partial charge in [-0.15, -0.1) is 0 Å². The van der Waals surface area contributed by atoms with Gasteiger partial charge in [-0.05, 0) is 50.5 Å². The van der Waals surface area contributed by atoms with Gasteiger partial charge in [0.1, 0.15) is 10.8 Å². The molecule has 3 nitrogen and oxygen atoms in total. The molecule has 1 unspecified atom stereocenters. The van der Waals surface area contributed by atoms with Gasteiger partial charge < -0.3 is 4.98 Å². The summed E-state index contributed by atoms with van der Waals surface area (Å²) >= 11 is 0. The maximum Gasteiger partial charge on any atom is 0.252 e. The highest BCUT2D eigenvalue weighted by Crippen LogP contribution is 2.38. The number of aryl methyl sites for hydroxylation is 1. The number of nitrogens with one attached hydrogen (secondary N) is 1. The van der Waals surface area contributed by atoms with Gasteiger partial charge >= 0.3 is 0 Å². The van der Waals surface area contributed by atoms with Crippen LogP contribution in [0, 0.1) is 19.3 Å². The minimum absolute atomic E-state index is 0.0188. The molecule has 2 aliphatic rings. The van der Waals surface area contributed by atoms with Crippen LogP contribution < -0.4 is 5.56 Å². The van der Waals surface area contributed by atoms with Gasteiger partial charge in [-0.1, -0.05) is 20.4 Å². The van der Waals surface area contributed by atoms with E-state index < -0.39 is 10.8 Å². The summed E-state index contributed by atoms with van der Waals surface area (Å²) in [6, 6.07) is 0. The third-order valence-electron chi connectivity index (χ3n) is 4.79. The van der Waals surface area contributed by atoms with Crippen LogP contribution in [0.2, 0.25) is 0 Å². The number of aromatic nitrogens is 1. The van der Waals surface area contributed by atoms with Gasteiger partial charge in [-0.3, -0.25) is 4.79 Å². The molecule has 0 bridgehead atoms. The Balaban J connectivity index is 2.16. The molecule has 132 valence electrons. The average Bonchev–Trinajstić information content (AvgIpc) is 3.31. The highest BCUT2D eigenvalue weighted by atomic mass is 32.2. The zero-order chi connectivity index (χ0) is 18.3. The SMILES string of the molecule is C=C1C=C(C)[CH+]C(S(=O)c2c(CC3CC3)c(C)[nH]c(=O)c2C(C)C)=C1. The molecule has 1 atom stereocenters. The van der Waals surface area contributed by atoms with Crippen LogP contribution in [0.5, 0.6) is 0 Å². The highest BCUT2D eigenvalue weighted by molar-refractivity contribution is 7.89. The van der Waals surface area contributed by atoms with Gasteiger partial charge in [0.2, 0.25) is 0 Å². The predicted octanol–water partition coefficient (Wildman–Crippen LogP) is 4.47. The lowest BCUT2D eigenvalue weighted by molar-refractivity contribution is 0.678. The Labute approximate surface area is 152 Å². The molecule has 25 heavy (non-hydrogen) atoms. The molecule has 2 aliphatic carbocycles. The van der Waals surface area contributed by atoms with E-state index in [1.807, 2.05) is 46.3 Å². The maximum atomic E-state index is 13.5. The summed E-state index contributed by atoms with van der Waals surface area (Å²) in [5.41, 5.74) is 4.35. The third kappa shape index (κ3) is 3.74. The summed E-state index contributed by atoms with van der Waals surface area (Å²) in [6.45, 7) is 11.9. The van der Waals surface area contributed by atoms with Gasteiger partial charge in [0.25, 0.3) is 5.56 Å². The van der Waals surface area contributed by atoms with Crippen LogP contribution in [0.3, 0.4) is 0 Å². The average molecular weight is 357 g/mol. The van der Waals surface area contributed by atoms with Crippen molar-refractivity contribution in [3.8, 4) is 0 Å². The molecule has 4 heteroatoms. The molecule has 0 amide bonds. The summed E-state index contributed by atoms with van der Waals surface area (Å²) in [7, 11) is -1.38. The number of allylic oxidation sites excluding steroid dienone is 5. The maximum absolute atomic E-state index is 13.5. The fourth-order valence-corrected chi connectivity index (χ4v) is 5.17. The first-order valence-electron chi connectivity index (χ1n) is 8.89. The lowest BCUT2D eigenvalue weighted by atomic mass is 9.99. The molecule has 1 aromatic rings. The molecular formula is C21H26NO2S+. The largest absolute Gasteiger partial charge is 0.326 e. The summed E-state index contributed by atoms with van der Waals surface area (Å²) < 4.78 is 13.5. The lowest BCUT2D eigenvalue weighted by Gasteiger charge is -2.18. The van der Waals surface area contributed by atoms with Crippen molar-refractivity contribution in [2.75, 3.05) is 0 Å². The molecule has 0 spiro atoms. The van der Waals surface area contributed by atoms with Crippen LogP contribution in [0.1, 0.15) is 56.4 Å². The van der Waals surface area contributed by atoms with Crippen LogP contribution in [-0.2, 0) is 17.2 Å². The van der Waals surface area contributed by atoms with E-state index in [-0.39, 0.29) is 11.5 Å². The normalized spacial score (nSPS) is 18.7. The van der Waals surface area contributed by atoms with Gasteiger partial charge in [0.15, 0.2) is 4.91 Å². The molecule has 0 radical (unpaired) electrons. The quantitative estimate of drug-likeness (QED) is 0.791. The van der Waals surface area contributed by atoms with Crippen molar-refractivity contribution in [2.24, 2.45) is 5.92 Å². The molecule has 1 N–H and O–H groups in total. The van der Waals surface area contributed by atoms with E-state index in [2.05, 4.69) is 11.6 Å². The first kappa shape index (κ1) is 18.0. The molecule has 1 saturated carbocycles. The number of H-pyrrole nitrogens is 1. The van der Waals surface area contributed by atoms with Crippen molar-refractivity contribution in [2.45, 2.75) is 57.8 Å². The fourth-order valence-electron chi connectivity index (χ4n) is 3.39. The summed E-state index contributed by atoms with van der Waals surface area (Å²) in [4.78, 5) is 17.1. The first-order chi connectivity index (χ1) is 11.8. The van der Waals surface area contributed by atoms with Crippen LogP contribution in [0.25, 0.3) is 0 Å². The minimum Gasteiger partial charge on any atom is -0.326 e. The van der Waals surface area contributed by atoms with Crippen LogP contribution in [0.4, 0.5) is 0 Å². The molecule has 1 heterocycles. The summed E-state index contributed by atoms with van der Waals surface area (Å²) in [5.74, 6) is 0.673. The number of hydrogen-bond acceptors (Lipinski definition) is 2. The molecule has 1 fully saturated rings. The van der Waals surface area contributed by atoms with Crippen molar-refractivity contribution < 1.29 is 4.21 Å². The van der Waals surface area contributed by atoms with Crippen LogP contribution in [0.15, 0.2) is 44.5 Å². The van der Waals surface area contributed by atoms with E-state index in [1.165, 1.54) is 12.8 Å². The summed E-state index contributed by atoms with van der Waals surface area (Å²) in [5, 5.41) is 0. The fraction of sp³-hybridized carbons (Fsp3) is 0.429. The van der Waals surface area contributed by atoms with Crippen LogP contribution >= 0.6 is 0 Å². The van der Waals surface area contributed by atoms with Gasteiger partial charge in [-0.25, -0.2) is 4.21 Å². The minimum atomic E-state index is -1.38. The number of rotatable bonds is 5.